The first-order valence-electron chi connectivity index (χ1n) is 6.30. The van der Waals surface area contributed by atoms with Crippen LogP contribution in [0.15, 0.2) is 43.1 Å². The molecule has 0 fully saturated rings. The van der Waals surface area contributed by atoms with E-state index in [2.05, 4.69) is 48.0 Å². The molecule has 2 aromatic heterocycles. The van der Waals surface area contributed by atoms with E-state index in [0.717, 1.165) is 16.9 Å². The van der Waals surface area contributed by atoms with Gasteiger partial charge in [0.15, 0.2) is 0 Å². The number of imidazole rings is 1. The fraction of sp³-hybridized carbons (Fsp3) is 0.214. The Kier molecular flexibility index (Phi) is 3.04. The van der Waals surface area contributed by atoms with Crippen molar-refractivity contribution in [1.82, 2.24) is 19.5 Å². The molecule has 0 radical (unpaired) electrons. The first-order valence-corrected chi connectivity index (χ1v) is 16.3. The number of nitrogens with zero attached hydrogens (tertiary/aromatic N) is 4. The Balaban J connectivity index is 2.16. The summed E-state index contributed by atoms with van der Waals surface area (Å²) < 4.78 is 3.49. The maximum atomic E-state index is 4.51. The average Bonchev–Trinajstić information content (AvgIpc) is 2.81. The van der Waals surface area contributed by atoms with E-state index in [1.807, 2.05) is 17.0 Å². The maximum absolute atomic E-state index is 4.51. The van der Waals surface area contributed by atoms with Gasteiger partial charge in [-0.3, -0.25) is 0 Å². The van der Waals surface area contributed by atoms with E-state index in [1.165, 1.54) is 3.58 Å². The Bertz CT molecular complexity index is 713. The van der Waals surface area contributed by atoms with Gasteiger partial charge in [0.2, 0.25) is 0 Å². The molecule has 0 spiro atoms. The molecule has 3 rings (SSSR count). The van der Waals surface area contributed by atoms with Gasteiger partial charge in [0.05, 0.1) is 0 Å². The van der Waals surface area contributed by atoms with Crippen molar-refractivity contribution in [3.63, 3.8) is 0 Å². The molecular formula is C14H16N4Sn. The molecule has 3 aromatic rings. The van der Waals surface area contributed by atoms with Gasteiger partial charge in [0.25, 0.3) is 0 Å². The average molecular weight is 359 g/mol. The quantitative estimate of drug-likeness (QED) is 0.660. The number of fused-ring (bicyclic) bond motifs is 1. The molecule has 0 saturated heterocycles. The van der Waals surface area contributed by atoms with Crippen molar-refractivity contribution in [1.29, 1.82) is 0 Å². The van der Waals surface area contributed by atoms with Crippen molar-refractivity contribution < 1.29 is 0 Å². The molecule has 4 nitrogen and oxygen atoms in total. The Morgan fingerprint density at radius 3 is 2.58 bits per heavy atom. The molecule has 0 unspecified atom stereocenters. The van der Waals surface area contributed by atoms with Crippen molar-refractivity contribution in [3.05, 3.63) is 43.1 Å². The van der Waals surface area contributed by atoms with E-state index < -0.39 is 18.4 Å². The van der Waals surface area contributed by atoms with Gasteiger partial charge in [-0.1, -0.05) is 0 Å². The van der Waals surface area contributed by atoms with Crippen molar-refractivity contribution in [2.24, 2.45) is 0 Å². The summed E-state index contributed by atoms with van der Waals surface area (Å²) in [5.74, 6) is 0.851. The summed E-state index contributed by atoms with van der Waals surface area (Å²) in [5, 5.41) is 0. The Morgan fingerprint density at radius 2 is 1.89 bits per heavy atom. The van der Waals surface area contributed by atoms with E-state index in [0.29, 0.717) is 0 Å². The summed E-state index contributed by atoms with van der Waals surface area (Å²) in [7, 11) is 0. The molecule has 1 aromatic carbocycles. The summed E-state index contributed by atoms with van der Waals surface area (Å²) in [6.07, 6.45) is 5.13. The van der Waals surface area contributed by atoms with Gasteiger partial charge in [0.1, 0.15) is 0 Å². The van der Waals surface area contributed by atoms with Crippen molar-refractivity contribution in [2.75, 3.05) is 0 Å². The van der Waals surface area contributed by atoms with Crippen LogP contribution in [-0.4, -0.2) is 37.9 Å². The summed E-state index contributed by atoms with van der Waals surface area (Å²) >= 11 is -2.03. The molecule has 0 bridgehead atoms. The zero-order valence-electron chi connectivity index (χ0n) is 11.3. The van der Waals surface area contributed by atoms with Gasteiger partial charge in [-0.15, -0.1) is 0 Å². The molecule has 0 aliphatic carbocycles. The molecule has 0 N–H and O–H groups in total. The first-order chi connectivity index (χ1) is 9.05. The van der Waals surface area contributed by atoms with Gasteiger partial charge < -0.3 is 0 Å². The summed E-state index contributed by atoms with van der Waals surface area (Å²) in [6.45, 7) is 0. The second-order valence-electron chi connectivity index (χ2n) is 5.64. The third-order valence-electron chi connectivity index (χ3n) is 3.23. The Hall–Kier alpha value is -1.43. The van der Waals surface area contributed by atoms with Crippen LogP contribution in [0, 0.1) is 0 Å². The fourth-order valence-electron chi connectivity index (χ4n) is 2.09. The Labute approximate surface area is 116 Å². The summed E-state index contributed by atoms with van der Waals surface area (Å²) in [4.78, 5) is 20.0. The van der Waals surface area contributed by atoms with Crippen LogP contribution in [0.5, 0.6) is 0 Å². The van der Waals surface area contributed by atoms with E-state index in [1.54, 1.807) is 12.5 Å². The molecule has 96 valence electrons. The van der Waals surface area contributed by atoms with Crippen LogP contribution in [0.3, 0.4) is 0 Å². The SMILES string of the molecule is [CH3][Sn]([CH3])([CH3])[c]1ccc2c(c1)ncn2-c1ccncn1. The summed E-state index contributed by atoms with van der Waals surface area (Å²) in [6, 6.07) is 8.53. The molecule has 0 amide bonds. The third-order valence-corrected chi connectivity index (χ3v) is 9.06. The molecule has 0 aliphatic heterocycles. The number of hydrogen-bond acceptors (Lipinski definition) is 3. The van der Waals surface area contributed by atoms with Gasteiger partial charge in [0, 0.05) is 0 Å². The second kappa shape index (κ2) is 4.59. The minimum atomic E-state index is -2.03. The first kappa shape index (κ1) is 12.6. The van der Waals surface area contributed by atoms with E-state index in [9.17, 15) is 0 Å². The normalized spacial score (nSPS) is 11.9. The minimum absolute atomic E-state index is 0.851. The van der Waals surface area contributed by atoms with Crippen LogP contribution >= 0.6 is 0 Å². The van der Waals surface area contributed by atoms with E-state index in [-0.39, 0.29) is 0 Å². The zero-order valence-corrected chi connectivity index (χ0v) is 14.2. The number of benzene rings is 1. The molecule has 19 heavy (non-hydrogen) atoms. The standard InChI is InChI=1S/C11H7N4.3CH3.Sn/c1-2-4-10-9(3-1)14-8-15(10)11-5-6-12-7-13-11;;;;/h2-8H;3*1H3;. The topological polar surface area (TPSA) is 43.6 Å². The van der Waals surface area contributed by atoms with Crippen LogP contribution in [0.4, 0.5) is 0 Å². The van der Waals surface area contributed by atoms with E-state index >= 15 is 0 Å². The van der Waals surface area contributed by atoms with Crippen LogP contribution in [0.2, 0.25) is 14.8 Å². The zero-order chi connectivity index (χ0) is 13.5. The van der Waals surface area contributed by atoms with Gasteiger partial charge in [-0.05, 0) is 0 Å². The number of aromatic nitrogens is 4. The van der Waals surface area contributed by atoms with E-state index in [4.69, 9.17) is 0 Å². The van der Waals surface area contributed by atoms with Crippen LogP contribution in [0.25, 0.3) is 16.9 Å². The summed E-state index contributed by atoms with van der Waals surface area (Å²) in [5.41, 5.74) is 2.14. The van der Waals surface area contributed by atoms with Gasteiger partial charge >= 0.3 is 116 Å². The molecule has 0 saturated carbocycles. The fourth-order valence-corrected chi connectivity index (χ4v) is 5.38. The molecule has 5 heteroatoms. The number of hydrogen-bond donors (Lipinski definition) is 0. The molecule has 0 aliphatic rings. The van der Waals surface area contributed by atoms with Crippen LogP contribution in [0.1, 0.15) is 0 Å². The van der Waals surface area contributed by atoms with Crippen molar-refractivity contribution in [3.8, 4) is 5.82 Å². The monoisotopic (exact) mass is 360 g/mol. The van der Waals surface area contributed by atoms with Crippen molar-refractivity contribution >= 4 is 33.0 Å². The predicted molar refractivity (Wildman–Crippen MR) is 79.6 cm³/mol. The molecular weight excluding hydrogens is 343 g/mol. The van der Waals surface area contributed by atoms with Gasteiger partial charge in [-0.25, -0.2) is 0 Å². The van der Waals surface area contributed by atoms with Gasteiger partial charge in [-0.2, -0.15) is 0 Å². The molecule has 2 heterocycles. The van der Waals surface area contributed by atoms with Crippen molar-refractivity contribution in [2.45, 2.75) is 14.8 Å². The van der Waals surface area contributed by atoms with Crippen LogP contribution in [-0.2, 0) is 0 Å². The predicted octanol–water partition coefficient (Wildman–Crippen LogP) is 2.36. The molecule has 0 atom stereocenters. The number of rotatable bonds is 2. The van der Waals surface area contributed by atoms with Crippen LogP contribution < -0.4 is 3.58 Å². The third kappa shape index (κ3) is 2.36. The second-order valence-corrected chi connectivity index (χ2v) is 20.1. The Morgan fingerprint density at radius 1 is 1.05 bits per heavy atom.